The van der Waals surface area contributed by atoms with Gasteiger partial charge in [-0.2, -0.15) is 0 Å². The van der Waals surface area contributed by atoms with Crippen LogP contribution in [0.3, 0.4) is 0 Å². The highest BCUT2D eigenvalue weighted by Crippen LogP contribution is 2.80. The van der Waals surface area contributed by atoms with Crippen molar-refractivity contribution in [3.8, 4) is 0 Å². The second kappa shape index (κ2) is 9.42. The second-order valence-electron chi connectivity index (χ2n) is 13.7. The number of carbonyl (C=O) groups excluding carboxylic acids is 1. The molecule has 0 aromatic heterocycles. The lowest BCUT2D eigenvalue weighted by Crippen LogP contribution is -2.80. The predicted molar refractivity (Wildman–Crippen MR) is 146 cm³/mol. The van der Waals surface area contributed by atoms with Gasteiger partial charge in [0.25, 0.3) is 0 Å². The molecule has 232 valence electrons. The molecule has 6 aliphatic rings. The van der Waals surface area contributed by atoms with Crippen molar-refractivity contribution in [2.45, 2.75) is 66.7 Å². The highest BCUT2D eigenvalue weighted by atomic mass is 16.6. The first kappa shape index (κ1) is 29.1. The van der Waals surface area contributed by atoms with Crippen LogP contribution >= 0.6 is 0 Å². The summed E-state index contributed by atoms with van der Waals surface area (Å²) in [5, 5.41) is 49.4. The molecule has 11 nitrogen and oxygen atoms in total. The van der Waals surface area contributed by atoms with E-state index >= 15 is 0 Å². The van der Waals surface area contributed by atoms with Crippen LogP contribution in [0.5, 0.6) is 0 Å². The van der Waals surface area contributed by atoms with E-state index in [0.29, 0.717) is 18.5 Å². The lowest BCUT2D eigenvalue weighted by atomic mass is 9.42. The fourth-order valence-electron chi connectivity index (χ4n) is 11.8. The van der Waals surface area contributed by atoms with Gasteiger partial charge in [0.2, 0.25) is 0 Å². The summed E-state index contributed by atoms with van der Waals surface area (Å²) in [5.41, 5.74) is -4.81. The number of esters is 1. The van der Waals surface area contributed by atoms with E-state index in [0.717, 1.165) is 0 Å². The molecule has 5 aliphatic carbocycles. The van der Waals surface area contributed by atoms with Crippen LogP contribution < -0.4 is 0 Å². The third kappa shape index (κ3) is 3.05. The molecular formula is C31H43NO10. The van der Waals surface area contributed by atoms with Crippen LogP contribution in [0.15, 0.2) is 30.3 Å². The van der Waals surface area contributed by atoms with E-state index < -0.39 is 82.4 Å². The normalized spacial score (nSPS) is 53.7. The minimum absolute atomic E-state index is 0.102. The van der Waals surface area contributed by atoms with Gasteiger partial charge < -0.3 is 49.0 Å². The first-order valence-electron chi connectivity index (χ1n) is 14.9. The SMILES string of the molecule is COC[C@]12CN(C)[C@@H]3C4[C@H](OC)[C@H]1[C@]3([C@H](OC)C[C@H]2O)[C@H]1C[C@]2(O)[C@H](OC(=O)c3ccccc3)[C@@H]1[C@]4(O)[C@H](O)[C@@H]2OC. The molecule has 5 saturated carbocycles. The zero-order valence-electron chi connectivity index (χ0n) is 24.8. The van der Waals surface area contributed by atoms with E-state index in [1.54, 1.807) is 51.7 Å². The minimum atomic E-state index is -1.86. The Kier molecular flexibility index (Phi) is 6.52. The van der Waals surface area contributed by atoms with Crippen LogP contribution in [0.4, 0.5) is 0 Å². The van der Waals surface area contributed by atoms with E-state index in [4.69, 9.17) is 23.7 Å². The average Bonchev–Trinajstić information content (AvgIpc) is 3.37. The highest BCUT2D eigenvalue weighted by molar-refractivity contribution is 5.89. The average molecular weight is 590 g/mol. The summed E-state index contributed by atoms with van der Waals surface area (Å²) in [5.74, 6) is -2.96. The molecule has 1 aliphatic heterocycles. The Morgan fingerprint density at radius 3 is 2.33 bits per heavy atom. The number of hydrogen-bond acceptors (Lipinski definition) is 11. The molecule has 0 amide bonds. The number of methoxy groups -OCH3 is 4. The number of hydrogen-bond donors (Lipinski definition) is 4. The van der Waals surface area contributed by atoms with Crippen LogP contribution in [0.1, 0.15) is 23.2 Å². The van der Waals surface area contributed by atoms with Crippen molar-refractivity contribution < 1.29 is 48.9 Å². The molecule has 4 N–H and O–H groups in total. The topological polar surface area (TPSA) is 147 Å². The summed E-state index contributed by atoms with van der Waals surface area (Å²) in [7, 11) is 8.22. The maximum absolute atomic E-state index is 13.5. The van der Waals surface area contributed by atoms with Gasteiger partial charge in [-0.15, -0.1) is 0 Å². The Morgan fingerprint density at radius 2 is 1.71 bits per heavy atom. The molecule has 0 radical (unpaired) electrons. The summed E-state index contributed by atoms with van der Waals surface area (Å²) in [6.07, 6.45) is -5.28. The van der Waals surface area contributed by atoms with Gasteiger partial charge in [-0.3, -0.25) is 0 Å². The number of aliphatic hydroxyl groups excluding tert-OH is 2. The van der Waals surface area contributed by atoms with Gasteiger partial charge in [-0.05, 0) is 31.5 Å². The van der Waals surface area contributed by atoms with Gasteiger partial charge in [-0.1, -0.05) is 18.2 Å². The van der Waals surface area contributed by atoms with Crippen LogP contribution in [-0.4, -0.2) is 134 Å². The summed E-state index contributed by atoms with van der Waals surface area (Å²) >= 11 is 0. The number of ether oxygens (including phenoxy) is 5. The highest BCUT2D eigenvalue weighted by Gasteiger charge is 2.91. The van der Waals surface area contributed by atoms with Crippen LogP contribution in [0.25, 0.3) is 0 Å². The first-order valence-corrected chi connectivity index (χ1v) is 14.9. The van der Waals surface area contributed by atoms with Gasteiger partial charge in [-0.25, -0.2) is 4.79 Å². The summed E-state index contributed by atoms with van der Waals surface area (Å²) in [6.45, 7) is 0.760. The third-order valence-corrected chi connectivity index (χ3v) is 12.6. The zero-order valence-corrected chi connectivity index (χ0v) is 24.8. The number of aliphatic hydroxyl groups is 4. The van der Waals surface area contributed by atoms with Gasteiger partial charge in [0, 0.05) is 76.0 Å². The van der Waals surface area contributed by atoms with Gasteiger partial charge in [0.15, 0.2) is 0 Å². The molecule has 7 rings (SSSR count). The minimum Gasteiger partial charge on any atom is -0.455 e. The molecule has 7 bridgehead atoms. The quantitative estimate of drug-likeness (QED) is 0.311. The van der Waals surface area contributed by atoms with E-state index in [1.165, 1.54) is 7.11 Å². The molecule has 11 heteroatoms. The zero-order chi connectivity index (χ0) is 30.0. The Balaban J connectivity index is 1.47. The first-order chi connectivity index (χ1) is 20.0. The van der Waals surface area contributed by atoms with Crippen LogP contribution in [0, 0.1) is 34.5 Å². The van der Waals surface area contributed by atoms with Crippen molar-refractivity contribution in [2.75, 3.05) is 48.6 Å². The van der Waals surface area contributed by atoms with Gasteiger partial charge >= 0.3 is 5.97 Å². The van der Waals surface area contributed by atoms with E-state index in [9.17, 15) is 25.2 Å². The Bertz CT molecular complexity index is 1240. The lowest BCUT2D eigenvalue weighted by molar-refractivity contribution is -0.318. The molecule has 1 aromatic rings. The van der Waals surface area contributed by atoms with E-state index in [1.807, 2.05) is 7.05 Å². The molecule has 42 heavy (non-hydrogen) atoms. The molecule has 1 spiro atoms. The number of benzene rings is 1. The number of rotatable bonds is 7. The van der Waals surface area contributed by atoms with Crippen molar-refractivity contribution in [1.82, 2.24) is 4.90 Å². The van der Waals surface area contributed by atoms with Crippen LogP contribution in [-0.2, 0) is 23.7 Å². The molecule has 1 aromatic carbocycles. The molecule has 1 saturated heterocycles. The lowest BCUT2D eigenvalue weighted by Gasteiger charge is -2.69. The monoisotopic (exact) mass is 589 g/mol. The third-order valence-electron chi connectivity index (χ3n) is 12.6. The van der Waals surface area contributed by atoms with E-state index in [2.05, 4.69) is 4.90 Å². The van der Waals surface area contributed by atoms with Crippen molar-refractivity contribution in [2.24, 2.45) is 34.5 Å². The van der Waals surface area contributed by atoms with Gasteiger partial charge in [0.1, 0.15) is 29.5 Å². The van der Waals surface area contributed by atoms with Crippen molar-refractivity contribution in [3.63, 3.8) is 0 Å². The predicted octanol–water partition coefficient (Wildman–Crippen LogP) is -0.313. The summed E-state index contributed by atoms with van der Waals surface area (Å²) in [6, 6.07) is 8.22. The number of fused-ring (bicyclic) bond motifs is 2. The van der Waals surface area contributed by atoms with Crippen molar-refractivity contribution >= 4 is 5.97 Å². The number of piperidine rings is 1. The Hall–Kier alpha value is -1.67. The van der Waals surface area contributed by atoms with Crippen molar-refractivity contribution in [3.05, 3.63) is 35.9 Å². The smallest absolute Gasteiger partial charge is 0.338 e. The maximum atomic E-state index is 13.5. The van der Waals surface area contributed by atoms with Crippen LogP contribution in [0.2, 0.25) is 0 Å². The maximum Gasteiger partial charge on any atom is 0.338 e. The fraction of sp³-hybridized carbons (Fsp3) is 0.774. The molecule has 1 unspecified atom stereocenters. The molecule has 6 fully saturated rings. The fourth-order valence-corrected chi connectivity index (χ4v) is 11.8. The number of likely N-dealkylation sites (tertiary alicyclic amines) is 1. The molecular weight excluding hydrogens is 546 g/mol. The summed E-state index contributed by atoms with van der Waals surface area (Å²) in [4.78, 5) is 15.7. The second-order valence-corrected chi connectivity index (χ2v) is 13.7. The summed E-state index contributed by atoms with van der Waals surface area (Å²) < 4.78 is 30.3. The molecule has 15 atom stereocenters. The Labute approximate surface area is 245 Å². The number of nitrogens with zero attached hydrogens (tertiary/aromatic N) is 1. The molecule has 1 heterocycles. The largest absolute Gasteiger partial charge is 0.455 e. The van der Waals surface area contributed by atoms with Crippen molar-refractivity contribution in [1.29, 1.82) is 0 Å². The standard InChI is InChI=1S/C31H43NO10/c1-32-13-28(14-38-2)17(33)11-18(39-3)30-16-12-29(36)25(42-27(35)15-9-7-6-8-10-15)19(16)31(37,24(34)26(29)41-5)20(23(30)32)21(40-4)22(28)30/h6-10,16-26,33-34,36-37H,11-14H2,1-5H3/t16-,17+,18+,19+,20?,21-,22+,23+,24+,25+,26-,28-,29-,30+,31+/m0/s1. The number of carbonyl (C=O) groups is 1. The van der Waals surface area contributed by atoms with Gasteiger partial charge in [0.05, 0.1) is 30.5 Å². The Morgan fingerprint density at radius 1 is 1.00 bits per heavy atom. The van der Waals surface area contributed by atoms with E-state index in [-0.39, 0.29) is 25.0 Å².